The number of hydrogen-bond acceptors (Lipinski definition) is 6. The predicted molar refractivity (Wildman–Crippen MR) is 131 cm³/mol. The van der Waals surface area contributed by atoms with Gasteiger partial charge in [-0.1, -0.05) is 42.1 Å². The van der Waals surface area contributed by atoms with Gasteiger partial charge in [-0.2, -0.15) is 0 Å². The number of benzene rings is 3. The van der Waals surface area contributed by atoms with Gasteiger partial charge in [-0.3, -0.25) is 14.2 Å². The molecule has 0 atom stereocenters. The number of rotatable bonds is 8. The van der Waals surface area contributed by atoms with Crippen LogP contribution in [0.2, 0.25) is 0 Å². The Labute approximate surface area is 195 Å². The van der Waals surface area contributed by atoms with E-state index >= 15 is 0 Å². The SMILES string of the molecule is COc1cc(NC(=O)CCSc2nc3ccccc3c(=O)n2-c2ccccc2)cc(OC)c1. The van der Waals surface area contributed by atoms with E-state index in [9.17, 15) is 9.59 Å². The summed E-state index contributed by atoms with van der Waals surface area (Å²) in [5.41, 5.74) is 1.81. The Hall–Kier alpha value is -3.78. The van der Waals surface area contributed by atoms with E-state index in [-0.39, 0.29) is 17.9 Å². The van der Waals surface area contributed by atoms with Crippen LogP contribution in [0.1, 0.15) is 6.42 Å². The average Bonchev–Trinajstić information content (AvgIpc) is 2.84. The monoisotopic (exact) mass is 461 g/mol. The molecule has 0 spiro atoms. The summed E-state index contributed by atoms with van der Waals surface area (Å²) >= 11 is 1.37. The van der Waals surface area contributed by atoms with Crippen LogP contribution in [0.15, 0.2) is 82.7 Å². The lowest BCUT2D eigenvalue weighted by Crippen LogP contribution is -2.22. The van der Waals surface area contributed by atoms with Crippen LogP contribution in [0.5, 0.6) is 11.5 Å². The van der Waals surface area contributed by atoms with Gasteiger partial charge in [0.25, 0.3) is 5.56 Å². The van der Waals surface area contributed by atoms with Gasteiger partial charge in [0, 0.05) is 36.1 Å². The second-order valence-corrected chi connectivity index (χ2v) is 8.20. The summed E-state index contributed by atoms with van der Waals surface area (Å²) in [5, 5.41) is 3.96. The quantitative estimate of drug-likeness (QED) is 0.307. The number of carbonyl (C=O) groups is 1. The number of anilines is 1. The van der Waals surface area contributed by atoms with Crippen LogP contribution in [0.3, 0.4) is 0 Å². The molecule has 1 heterocycles. The Balaban J connectivity index is 1.53. The lowest BCUT2D eigenvalue weighted by atomic mass is 10.2. The fraction of sp³-hybridized carbons (Fsp3) is 0.160. The molecule has 0 unspecified atom stereocenters. The zero-order chi connectivity index (χ0) is 23.2. The van der Waals surface area contributed by atoms with Crippen LogP contribution >= 0.6 is 11.8 Å². The van der Waals surface area contributed by atoms with Gasteiger partial charge in [-0.15, -0.1) is 0 Å². The molecule has 1 N–H and O–H groups in total. The molecule has 0 bridgehead atoms. The second-order valence-electron chi connectivity index (χ2n) is 7.14. The Morgan fingerprint density at radius 3 is 2.33 bits per heavy atom. The first kappa shape index (κ1) is 22.4. The van der Waals surface area contributed by atoms with E-state index in [1.807, 2.05) is 48.5 Å². The van der Waals surface area contributed by atoms with E-state index in [0.717, 1.165) is 5.69 Å². The van der Waals surface area contributed by atoms with Gasteiger partial charge in [0.15, 0.2) is 5.16 Å². The van der Waals surface area contributed by atoms with E-state index in [0.29, 0.717) is 39.0 Å². The van der Waals surface area contributed by atoms with Crippen LogP contribution in [0, 0.1) is 0 Å². The lowest BCUT2D eigenvalue weighted by Gasteiger charge is -2.13. The van der Waals surface area contributed by atoms with Gasteiger partial charge < -0.3 is 14.8 Å². The van der Waals surface area contributed by atoms with Crippen LogP contribution in [0.25, 0.3) is 16.6 Å². The number of fused-ring (bicyclic) bond motifs is 1. The minimum absolute atomic E-state index is 0.137. The summed E-state index contributed by atoms with van der Waals surface area (Å²) in [4.78, 5) is 30.5. The molecular weight excluding hydrogens is 438 g/mol. The first-order chi connectivity index (χ1) is 16.1. The van der Waals surface area contributed by atoms with Crippen molar-refractivity contribution in [3.63, 3.8) is 0 Å². The van der Waals surface area contributed by atoms with E-state index in [2.05, 4.69) is 5.32 Å². The van der Waals surface area contributed by atoms with E-state index in [1.165, 1.54) is 11.8 Å². The Kier molecular flexibility index (Phi) is 6.95. The molecule has 1 aromatic heterocycles. The normalized spacial score (nSPS) is 10.7. The molecule has 0 radical (unpaired) electrons. The Morgan fingerprint density at radius 2 is 1.64 bits per heavy atom. The summed E-state index contributed by atoms with van der Waals surface area (Å²) in [6.45, 7) is 0. The summed E-state index contributed by atoms with van der Waals surface area (Å²) in [5.74, 6) is 1.47. The van der Waals surface area contributed by atoms with Gasteiger partial charge in [0.05, 0.1) is 30.8 Å². The third kappa shape index (κ3) is 5.18. The zero-order valence-electron chi connectivity index (χ0n) is 18.3. The largest absolute Gasteiger partial charge is 0.497 e. The van der Waals surface area contributed by atoms with Gasteiger partial charge in [-0.25, -0.2) is 4.98 Å². The maximum absolute atomic E-state index is 13.2. The Bertz CT molecular complexity index is 1320. The molecule has 0 aliphatic heterocycles. The summed E-state index contributed by atoms with van der Waals surface area (Å²) in [6.07, 6.45) is 0.238. The van der Waals surface area contributed by atoms with Crippen molar-refractivity contribution in [1.29, 1.82) is 0 Å². The van der Waals surface area contributed by atoms with Crippen molar-refractivity contribution in [2.45, 2.75) is 11.6 Å². The number of nitrogens with one attached hydrogen (secondary N) is 1. The molecule has 33 heavy (non-hydrogen) atoms. The summed E-state index contributed by atoms with van der Waals surface area (Å²) in [7, 11) is 3.11. The smallest absolute Gasteiger partial charge is 0.266 e. The molecule has 4 rings (SSSR count). The molecule has 1 amide bonds. The van der Waals surface area contributed by atoms with E-state index < -0.39 is 0 Å². The summed E-state index contributed by atoms with van der Waals surface area (Å²) < 4.78 is 12.1. The highest BCUT2D eigenvalue weighted by molar-refractivity contribution is 7.99. The number of carbonyl (C=O) groups excluding carboxylic acids is 1. The first-order valence-electron chi connectivity index (χ1n) is 10.3. The molecule has 8 heteroatoms. The van der Waals surface area contributed by atoms with Crippen molar-refractivity contribution in [3.8, 4) is 17.2 Å². The number of thioether (sulfide) groups is 1. The number of hydrogen-bond donors (Lipinski definition) is 1. The third-order valence-corrected chi connectivity index (χ3v) is 5.90. The number of nitrogens with zero attached hydrogens (tertiary/aromatic N) is 2. The molecule has 0 saturated heterocycles. The molecule has 168 valence electrons. The zero-order valence-corrected chi connectivity index (χ0v) is 19.1. The minimum Gasteiger partial charge on any atom is -0.497 e. The van der Waals surface area contributed by atoms with Gasteiger partial charge >= 0.3 is 0 Å². The number of amides is 1. The highest BCUT2D eigenvalue weighted by atomic mass is 32.2. The molecule has 4 aromatic rings. The van der Waals surface area contributed by atoms with Crippen LogP contribution in [-0.4, -0.2) is 35.4 Å². The fourth-order valence-corrected chi connectivity index (χ4v) is 4.30. The van der Waals surface area contributed by atoms with Gasteiger partial charge in [0.2, 0.25) is 5.91 Å². The van der Waals surface area contributed by atoms with E-state index in [1.54, 1.807) is 43.1 Å². The van der Waals surface area contributed by atoms with Crippen molar-refractivity contribution in [1.82, 2.24) is 9.55 Å². The van der Waals surface area contributed by atoms with Crippen molar-refractivity contribution in [2.75, 3.05) is 25.3 Å². The maximum atomic E-state index is 13.2. The van der Waals surface area contributed by atoms with Crippen LogP contribution in [0.4, 0.5) is 5.69 Å². The lowest BCUT2D eigenvalue weighted by molar-refractivity contribution is -0.115. The van der Waals surface area contributed by atoms with Gasteiger partial charge in [-0.05, 0) is 24.3 Å². The van der Waals surface area contributed by atoms with E-state index in [4.69, 9.17) is 14.5 Å². The van der Waals surface area contributed by atoms with Crippen molar-refractivity contribution in [3.05, 3.63) is 83.2 Å². The molecule has 7 nitrogen and oxygen atoms in total. The molecule has 0 fully saturated rings. The highest BCUT2D eigenvalue weighted by Gasteiger charge is 2.14. The highest BCUT2D eigenvalue weighted by Crippen LogP contribution is 2.26. The van der Waals surface area contributed by atoms with Crippen molar-refractivity contribution in [2.24, 2.45) is 0 Å². The summed E-state index contributed by atoms with van der Waals surface area (Å²) in [6, 6.07) is 21.8. The first-order valence-corrected chi connectivity index (χ1v) is 11.3. The molecule has 3 aromatic carbocycles. The molecular formula is C25H23N3O4S. The second kappa shape index (κ2) is 10.2. The molecule has 0 saturated carbocycles. The topological polar surface area (TPSA) is 82.5 Å². The Morgan fingerprint density at radius 1 is 0.970 bits per heavy atom. The minimum atomic E-state index is -0.160. The van der Waals surface area contributed by atoms with Gasteiger partial charge in [0.1, 0.15) is 11.5 Å². The number of ether oxygens (including phenoxy) is 2. The third-order valence-electron chi connectivity index (χ3n) is 4.95. The van der Waals surface area contributed by atoms with Crippen LogP contribution in [-0.2, 0) is 4.79 Å². The van der Waals surface area contributed by atoms with Crippen molar-refractivity contribution >= 4 is 34.3 Å². The van der Waals surface area contributed by atoms with Crippen molar-refractivity contribution < 1.29 is 14.3 Å². The molecule has 0 aliphatic rings. The number of methoxy groups -OCH3 is 2. The molecule has 0 aliphatic carbocycles. The number of para-hydroxylation sites is 2. The van der Waals surface area contributed by atoms with Crippen LogP contribution < -0.4 is 20.3 Å². The standard InChI is InChI=1S/C25H23N3O4S/c1-31-19-14-17(15-20(16-19)32-2)26-23(29)12-13-33-25-27-22-11-7-6-10-21(22)24(30)28(25)18-8-4-3-5-9-18/h3-11,14-16H,12-13H2,1-2H3,(H,26,29). The average molecular weight is 462 g/mol. The maximum Gasteiger partial charge on any atom is 0.266 e. The fourth-order valence-electron chi connectivity index (χ4n) is 3.35. The predicted octanol–water partition coefficient (Wildman–Crippen LogP) is 4.52. The number of aromatic nitrogens is 2.